The summed E-state index contributed by atoms with van der Waals surface area (Å²) in [6.45, 7) is 0. The second-order valence-corrected chi connectivity index (χ2v) is 0.740. The SMILES string of the molecule is O=[C]CC(F)F. The molecule has 0 N–H and O–H groups in total. The molecule has 0 heterocycles. The van der Waals surface area contributed by atoms with E-state index in [1.54, 1.807) is 0 Å². The average molecular weight is 93.1 g/mol. The highest BCUT2D eigenvalue weighted by atomic mass is 19.3. The zero-order valence-corrected chi connectivity index (χ0v) is 2.95. The van der Waals surface area contributed by atoms with Gasteiger partial charge in [0.1, 0.15) is 0 Å². The molecule has 0 saturated heterocycles. The normalized spacial score (nSPS) is 9.17. The van der Waals surface area contributed by atoms with Crippen molar-refractivity contribution in [1.82, 2.24) is 0 Å². The quantitative estimate of drug-likeness (QED) is 0.492. The van der Waals surface area contributed by atoms with Crippen LogP contribution in [0.5, 0.6) is 0 Å². The lowest BCUT2D eigenvalue weighted by atomic mass is 10.5. The molecule has 1 nitrogen and oxygen atoms in total. The van der Waals surface area contributed by atoms with Crippen molar-refractivity contribution in [3.8, 4) is 0 Å². The predicted octanol–water partition coefficient (Wildman–Crippen LogP) is 0.751. The van der Waals surface area contributed by atoms with E-state index in [0.717, 1.165) is 6.29 Å². The van der Waals surface area contributed by atoms with Gasteiger partial charge in [-0.3, -0.25) is 4.79 Å². The van der Waals surface area contributed by atoms with Crippen molar-refractivity contribution < 1.29 is 13.6 Å². The number of carbonyl (C=O) groups excluding carboxylic acids is 1. The van der Waals surface area contributed by atoms with Crippen molar-refractivity contribution >= 4 is 6.29 Å². The molecular formula is C3H3F2O. The minimum Gasteiger partial charge on any atom is -0.291 e. The number of hydrogen-bond donors (Lipinski definition) is 0. The Morgan fingerprint density at radius 1 is 1.67 bits per heavy atom. The van der Waals surface area contributed by atoms with Gasteiger partial charge in [-0.15, -0.1) is 0 Å². The molecule has 0 aromatic rings. The highest BCUT2D eigenvalue weighted by Crippen LogP contribution is 1.92. The Hall–Kier alpha value is -0.470. The number of hydrogen-bond acceptors (Lipinski definition) is 1. The highest BCUT2D eigenvalue weighted by molar-refractivity contribution is 5.50. The van der Waals surface area contributed by atoms with Crippen molar-refractivity contribution in [1.29, 1.82) is 0 Å². The van der Waals surface area contributed by atoms with E-state index in [-0.39, 0.29) is 0 Å². The molecule has 0 aromatic carbocycles. The molecule has 6 heavy (non-hydrogen) atoms. The van der Waals surface area contributed by atoms with Crippen molar-refractivity contribution in [3.05, 3.63) is 0 Å². The van der Waals surface area contributed by atoms with Crippen LogP contribution in [-0.2, 0) is 4.79 Å². The Balaban J connectivity index is 2.81. The Kier molecular flexibility index (Phi) is 2.54. The fourth-order valence-electron chi connectivity index (χ4n) is 0.0630. The molecule has 0 amide bonds. The molecule has 0 unspecified atom stereocenters. The topological polar surface area (TPSA) is 17.1 Å². The van der Waals surface area contributed by atoms with Gasteiger partial charge in [0.05, 0.1) is 6.42 Å². The fraction of sp³-hybridized carbons (Fsp3) is 0.667. The average Bonchev–Trinajstić information content (AvgIpc) is 1.35. The Labute approximate surface area is 34.0 Å². The van der Waals surface area contributed by atoms with Crippen LogP contribution in [0.25, 0.3) is 0 Å². The Morgan fingerprint density at radius 2 is 2.17 bits per heavy atom. The molecule has 0 aliphatic heterocycles. The van der Waals surface area contributed by atoms with E-state index < -0.39 is 12.8 Å². The summed E-state index contributed by atoms with van der Waals surface area (Å²) in [6.07, 6.45) is -2.22. The van der Waals surface area contributed by atoms with Crippen LogP contribution in [0.4, 0.5) is 8.78 Å². The van der Waals surface area contributed by atoms with Crippen LogP contribution in [0.1, 0.15) is 6.42 Å². The molecule has 0 atom stereocenters. The lowest BCUT2D eigenvalue weighted by Crippen LogP contribution is -1.87. The third-order valence-electron chi connectivity index (χ3n) is 0.238. The van der Waals surface area contributed by atoms with Crippen molar-refractivity contribution in [2.24, 2.45) is 0 Å². The summed E-state index contributed by atoms with van der Waals surface area (Å²) in [7, 11) is 0. The van der Waals surface area contributed by atoms with Crippen LogP contribution in [0, 0.1) is 0 Å². The molecular weight excluding hydrogens is 90.0 g/mol. The maximum absolute atomic E-state index is 10.8. The van der Waals surface area contributed by atoms with Gasteiger partial charge in [0.25, 0.3) is 0 Å². The van der Waals surface area contributed by atoms with E-state index >= 15 is 0 Å². The zero-order valence-electron chi connectivity index (χ0n) is 2.95. The third kappa shape index (κ3) is 3.53. The molecule has 0 rings (SSSR count). The third-order valence-corrected chi connectivity index (χ3v) is 0.238. The molecule has 0 fully saturated rings. The van der Waals surface area contributed by atoms with Crippen molar-refractivity contribution in [2.75, 3.05) is 0 Å². The molecule has 0 saturated carbocycles. The standard InChI is InChI=1S/C3H3F2O/c4-3(5)1-2-6/h3H,1H2. The molecule has 0 aliphatic rings. The number of alkyl halides is 2. The van der Waals surface area contributed by atoms with E-state index in [4.69, 9.17) is 4.79 Å². The zero-order chi connectivity index (χ0) is 4.99. The minimum absolute atomic E-state index is 0.764. The largest absolute Gasteiger partial charge is 0.291 e. The van der Waals surface area contributed by atoms with Gasteiger partial charge in [-0.05, 0) is 0 Å². The van der Waals surface area contributed by atoms with Gasteiger partial charge in [0, 0.05) is 0 Å². The first-order chi connectivity index (χ1) is 2.77. The van der Waals surface area contributed by atoms with E-state index in [1.165, 1.54) is 0 Å². The van der Waals surface area contributed by atoms with Crippen LogP contribution in [0.3, 0.4) is 0 Å². The summed E-state index contributed by atoms with van der Waals surface area (Å²) in [5, 5.41) is 0. The smallest absolute Gasteiger partial charge is 0.245 e. The number of rotatable bonds is 2. The summed E-state index contributed by atoms with van der Waals surface area (Å²) in [5.74, 6) is 0. The molecule has 0 aliphatic carbocycles. The van der Waals surface area contributed by atoms with E-state index in [0.29, 0.717) is 0 Å². The van der Waals surface area contributed by atoms with E-state index in [2.05, 4.69) is 0 Å². The van der Waals surface area contributed by atoms with E-state index in [1.807, 2.05) is 0 Å². The summed E-state index contributed by atoms with van der Waals surface area (Å²) in [6, 6.07) is 0. The van der Waals surface area contributed by atoms with Gasteiger partial charge in [-0.1, -0.05) is 0 Å². The van der Waals surface area contributed by atoms with Gasteiger partial charge in [-0.25, -0.2) is 8.78 Å². The predicted molar refractivity (Wildman–Crippen MR) is 16.3 cm³/mol. The fourth-order valence-corrected chi connectivity index (χ4v) is 0.0630. The maximum atomic E-state index is 10.8. The number of halogens is 2. The van der Waals surface area contributed by atoms with Gasteiger partial charge >= 0.3 is 0 Å². The van der Waals surface area contributed by atoms with Gasteiger partial charge in [0.2, 0.25) is 12.7 Å². The van der Waals surface area contributed by atoms with Crippen LogP contribution >= 0.6 is 0 Å². The summed E-state index contributed by atoms with van der Waals surface area (Å²) in [4.78, 5) is 9.01. The maximum Gasteiger partial charge on any atom is 0.245 e. The summed E-state index contributed by atoms with van der Waals surface area (Å²) in [5.41, 5.74) is 0. The molecule has 0 spiro atoms. The first kappa shape index (κ1) is 5.53. The van der Waals surface area contributed by atoms with Crippen LogP contribution in [0.15, 0.2) is 0 Å². The van der Waals surface area contributed by atoms with Gasteiger partial charge in [-0.2, -0.15) is 0 Å². The lowest BCUT2D eigenvalue weighted by Gasteiger charge is -1.80. The minimum atomic E-state index is -2.53. The van der Waals surface area contributed by atoms with Crippen molar-refractivity contribution in [3.63, 3.8) is 0 Å². The van der Waals surface area contributed by atoms with Gasteiger partial charge in [0.15, 0.2) is 0 Å². The van der Waals surface area contributed by atoms with Crippen molar-refractivity contribution in [2.45, 2.75) is 12.8 Å². The first-order valence-corrected chi connectivity index (χ1v) is 1.40. The highest BCUT2D eigenvalue weighted by Gasteiger charge is 1.97. The Morgan fingerprint density at radius 3 is 2.17 bits per heavy atom. The second-order valence-electron chi connectivity index (χ2n) is 0.740. The lowest BCUT2D eigenvalue weighted by molar-refractivity contribution is 0.156. The molecule has 0 aromatic heterocycles. The second kappa shape index (κ2) is 2.75. The molecule has 0 bridgehead atoms. The van der Waals surface area contributed by atoms with Crippen LogP contribution < -0.4 is 0 Å². The Bertz CT molecular complexity index is 44.1. The van der Waals surface area contributed by atoms with E-state index in [9.17, 15) is 8.78 Å². The first-order valence-electron chi connectivity index (χ1n) is 1.40. The monoisotopic (exact) mass is 93.0 g/mol. The molecule has 3 heteroatoms. The molecule has 35 valence electrons. The molecule has 1 radical (unpaired) electrons. The summed E-state index contributed by atoms with van der Waals surface area (Å²) >= 11 is 0. The summed E-state index contributed by atoms with van der Waals surface area (Å²) < 4.78 is 21.5. The van der Waals surface area contributed by atoms with Crippen LogP contribution in [0.2, 0.25) is 0 Å². The van der Waals surface area contributed by atoms with Crippen LogP contribution in [-0.4, -0.2) is 12.7 Å². The van der Waals surface area contributed by atoms with Gasteiger partial charge < -0.3 is 0 Å².